The number of halogens is 1. The van der Waals surface area contributed by atoms with Crippen LogP contribution in [-0.2, 0) is 11.3 Å². The molecule has 1 amide bonds. The molecule has 0 aliphatic carbocycles. The lowest BCUT2D eigenvalue weighted by molar-refractivity contribution is -0.117. The Morgan fingerprint density at radius 2 is 1.39 bits per heavy atom. The van der Waals surface area contributed by atoms with E-state index in [9.17, 15) is 9.18 Å². The van der Waals surface area contributed by atoms with Crippen molar-refractivity contribution in [3.8, 4) is 22.5 Å². The van der Waals surface area contributed by atoms with Gasteiger partial charge >= 0.3 is 0 Å². The van der Waals surface area contributed by atoms with Crippen LogP contribution in [0, 0.1) is 5.82 Å². The van der Waals surface area contributed by atoms with Gasteiger partial charge in [-0.2, -0.15) is 0 Å². The van der Waals surface area contributed by atoms with Crippen molar-refractivity contribution in [1.29, 1.82) is 0 Å². The van der Waals surface area contributed by atoms with Crippen LogP contribution < -0.4 is 4.90 Å². The topological polar surface area (TPSA) is 76.8 Å². The Bertz CT molecular complexity index is 1850. The van der Waals surface area contributed by atoms with Crippen LogP contribution in [0.15, 0.2) is 109 Å². The molecule has 1 saturated heterocycles. The maximum atomic E-state index is 13.5. The van der Waals surface area contributed by atoms with Gasteiger partial charge in [0.05, 0.1) is 17.6 Å². The van der Waals surface area contributed by atoms with Crippen molar-refractivity contribution >= 4 is 22.6 Å². The van der Waals surface area contributed by atoms with Crippen LogP contribution >= 0.6 is 0 Å². The van der Waals surface area contributed by atoms with E-state index in [-0.39, 0.29) is 17.6 Å². The average molecular weight is 541 g/mol. The molecule has 7 rings (SSSR count). The minimum Gasteiger partial charge on any atom is -0.320 e. The van der Waals surface area contributed by atoms with Crippen LogP contribution in [0.2, 0.25) is 0 Å². The Kier molecular flexibility index (Phi) is 6.28. The van der Waals surface area contributed by atoms with Gasteiger partial charge in [-0.15, -0.1) is 10.2 Å². The second kappa shape index (κ2) is 10.4. The molecule has 6 aromatic rings. The number of hydrogen-bond donors (Lipinski definition) is 0. The van der Waals surface area contributed by atoms with Crippen LogP contribution in [0.5, 0.6) is 0 Å². The molecule has 0 saturated carbocycles. The van der Waals surface area contributed by atoms with Crippen molar-refractivity contribution < 1.29 is 9.18 Å². The van der Waals surface area contributed by atoms with Gasteiger partial charge in [-0.05, 0) is 36.4 Å². The third kappa shape index (κ3) is 4.74. The van der Waals surface area contributed by atoms with E-state index in [1.807, 2.05) is 84.9 Å². The molecule has 200 valence electrons. The molecule has 8 heteroatoms. The van der Waals surface area contributed by atoms with Crippen LogP contribution in [0.25, 0.3) is 33.5 Å². The van der Waals surface area contributed by atoms with E-state index in [4.69, 9.17) is 9.97 Å². The Morgan fingerprint density at radius 1 is 0.732 bits per heavy atom. The van der Waals surface area contributed by atoms with Gasteiger partial charge in [-0.25, -0.2) is 14.4 Å². The molecule has 4 aromatic carbocycles. The number of fused-ring (bicyclic) bond motifs is 1. The maximum absolute atomic E-state index is 13.5. The van der Waals surface area contributed by atoms with E-state index >= 15 is 0 Å². The number of rotatable bonds is 6. The minimum atomic E-state index is -0.333. The molecule has 1 aliphatic heterocycles. The Morgan fingerprint density at radius 3 is 2.12 bits per heavy atom. The van der Waals surface area contributed by atoms with Gasteiger partial charge in [0.1, 0.15) is 23.0 Å². The molecule has 0 N–H and O–H groups in total. The van der Waals surface area contributed by atoms with Gasteiger partial charge in [0.2, 0.25) is 5.91 Å². The lowest BCUT2D eigenvalue weighted by Crippen LogP contribution is -2.24. The van der Waals surface area contributed by atoms with Crippen molar-refractivity contribution in [3.05, 3.63) is 127 Å². The fourth-order valence-electron chi connectivity index (χ4n) is 5.48. The largest absolute Gasteiger partial charge is 0.320 e. The summed E-state index contributed by atoms with van der Waals surface area (Å²) in [7, 11) is 0. The fraction of sp³-hybridized carbons (Fsp3) is 0.121. The normalized spacial score (nSPS) is 15.1. The molecule has 1 fully saturated rings. The van der Waals surface area contributed by atoms with E-state index in [1.54, 1.807) is 17.0 Å². The number of aromatic nitrogens is 5. The summed E-state index contributed by atoms with van der Waals surface area (Å²) in [6.45, 7) is 0.800. The van der Waals surface area contributed by atoms with E-state index < -0.39 is 0 Å². The fourth-order valence-corrected chi connectivity index (χ4v) is 5.48. The third-order valence-electron chi connectivity index (χ3n) is 7.44. The molecule has 0 bridgehead atoms. The summed E-state index contributed by atoms with van der Waals surface area (Å²) >= 11 is 0. The number of anilines is 1. The molecule has 2 aromatic heterocycles. The van der Waals surface area contributed by atoms with Gasteiger partial charge in [0.25, 0.3) is 0 Å². The molecule has 1 unspecified atom stereocenters. The Hall–Kier alpha value is -5.24. The lowest BCUT2D eigenvalue weighted by Gasteiger charge is -2.17. The number of para-hydroxylation sites is 2. The van der Waals surface area contributed by atoms with Crippen molar-refractivity contribution in [3.63, 3.8) is 0 Å². The molecule has 0 radical (unpaired) electrons. The Labute approximate surface area is 236 Å². The highest BCUT2D eigenvalue weighted by Gasteiger charge is 2.35. The second-order valence-electron chi connectivity index (χ2n) is 10.1. The lowest BCUT2D eigenvalue weighted by atomic mass is 10.0. The SMILES string of the molecule is O=C1CC(c2nc3ccccc3n2Cc2nnc(-c3ccccc3)c(-c3ccccc3)n2)CN1c1ccc(F)cc1. The number of nitrogens with zero attached hydrogens (tertiary/aromatic N) is 6. The first-order valence-electron chi connectivity index (χ1n) is 13.5. The van der Waals surface area contributed by atoms with Crippen LogP contribution in [0.1, 0.15) is 24.0 Å². The van der Waals surface area contributed by atoms with E-state index in [2.05, 4.69) is 14.8 Å². The Balaban J connectivity index is 1.28. The molecular formula is C33H25FN6O. The number of hydrogen-bond acceptors (Lipinski definition) is 5. The van der Waals surface area contributed by atoms with Gasteiger partial charge in [0, 0.05) is 35.7 Å². The first-order valence-corrected chi connectivity index (χ1v) is 13.5. The first kappa shape index (κ1) is 24.8. The minimum absolute atomic E-state index is 0.0169. The zero-order valence-corrected chi connectivity index (χ0v) is 22.1. The van der Waals surface area contributed by atoms with E-state index in [0.29, 0.717) is 36.7 Å². The second-order valence-corrected chi connectivity index (χ2v) is 10.1. The summed E-state index contributed by atoms with van der Waals surface area (Å²) < 4.78 is 15.6. The third-order valence-corrected chi connectivity index (χ3v) is 7.44. The molecule has 1 aliphatic rings. The molecule has 0 spiro atoms. The van der Waals surface area contributed by atoms with E-state index in [1.165, 1.54) is 12.1 Å². The van der Waals surface area contributed by atoms with Gasteiger partial charge in [-0.1, -0.05) is 72.8 Å². The highest BCUT2D eigenvalue weighted by Crippen LogP contribution is 2.34. The standard InChI is InChI=1S/C33H25FN6O/c34-25-15-17-26(18-16-25)39-20-24(19-30(39)41)33-35-27-13-7-8-14-28(27)40(33)21-29-36-31(22-9-3-1-4-10-22)32(38-37-29)23-11-5-2-6-12-23/h1-18,24H,19-21H2. The predicted octanol–water partition coefficient (Wildman–Crippen LogP) is 6.26. The zero-order chi connectivity index (χ0) is 27.8. The zero-order valence-electron chi connectivity index (χ0n) is 22.1. The van der Waals surface area contributed by atoms with Crippen LogP contribution in [0.3, 0.4) is 0 Å². The van der Waals surface area contributed by atoms with Gasteiger partial charge in [0.15, 0.2) is 5.82 Å². The smallest absolute Gasteiger partial charge is 0.227 e. The van der Waals surface area contributed by atoms with Crippen LogP contribution in [0.4, 0.5) is 10.1 Å². The summed E-state index contributed by atoms with van der Waals surface area (Å²) in [6, 6.07) is 33.8. The van der Waals surface area contributed by atoms with Crippen molar-refractivity contribution in [1.82, 2.24) is 24.7 Å². The number of amides is 1. The maximum Gasteiger partial charge on any atom is 0.227 e. The highest BCUT2D eigenvalue weighted by atomic mass is 19.1. The highest BCUT2D eigenvalue weighted by molar-refractivity contribution is 5.96. The molecule has 41 heavy (non-hydrogen) atoms. The summed E-state index contributed by atoms with van der Waals surface area (Å²) in [4.78, 5) is 24.7. The van der Waals surface area contributed by atoms with Crippen molar-refractivity contribution in [2.24, 2.45) is 0 Å². The average Bonchev–Trinajstić information content (AvgIpc) is 3.59. The number of benzene rings is 4. The van der Waals surface area contributed by atoms with Crippen molar-refractivity contribution in [2.75, 3.05) is 11.4 Å². The summed E-state index contributed by atoms with van der Waals surface area (Å²) in [5, 5.41) is 9.20. The number of carbonyl (C=O) groups excluding carboxylic acids is 1. The quantitative estimate of drug-likeness (QED) is 0.249. The number of imidazole rings is 1. The van der Waals surface area contributed by atoms with Gasteiger partial charge < -0.3 is 9.47 Å². The first-order chi connectivity index (χ1) is 20.1. The summed E-state index contributed by atoms with van der Waals surface area (Å²) in [5.41, 5.74) is 5.82. The molecule has 3 heterocycles. The van der Waals surface area contributed by atoms with Crippen molar-refractivity contribution in [2.45, 2.75) is 18.9 Å². The van der Waals surface area contributed by atoms with Gasteiger partial charge in [-0.3, -0.25) is 4.79 Å². The summed E-state index contributed by atoms with van der Waals surface area (Å²) in [6.07, 6.45) is 0.308. The monoisotopic (exact) mass is 540 g/mol. The predicted molar refractivity (Wildman–Crippen MR) is 156 cm³/mol. The summed E-state index contributed by atoms with van der Waals surface area (Å²) in [5.74, 6) is 0.844. The number of carbonyl (C=O) groups is 1. The van der Waals surface area contributed by atoms with E-state index in [0.717, 1.165) is 33.7 Å². The van der Waals surface area contributed by atoms with Crippen LogP contribution in [-0.4, -0.2) is 37.2 Å². The molecule has 7 nitrogen and oxygen atoms in total. The molecular weight excluding hydrogens is 515 g/mol. The molecule has 1 atom stereocenters.